The molecule has 1 fully saturated rings. The standard InChI is InChI=1S/C20H25N3OS.ClH/c1-15-13-21-9-11-22(15)14-19(24)23-10-7-18-17(8-12-25-18)20(23)16-5-3-2-4-6-16;/h2-6,8,12,15,20-21H,7,9-11,13-14H2,1H3;1H/t15-,20?;/m0./s1. The Morgan fingerprint density at radius 1 is 1.23 bits per heavy atom. The van der Waals surface area contributed by atoms with Crippen molar-refractivity contribution < 1.29 is 4.79 Å². The molecule has 1 amide bonds. The van der Waals surface area contributed by atoms with Crippen molar-refractivity contribution in [1.82, 2.24) is 15.1 Å². The van der Waals surface area contributed by atoms with E-state index in [1.54, 1.807) is 0 Å². The Morgan fingerprint density at radius 3 is 2.81 bits per heavy atom. The predicted octanol–water partition coefficient (Wildman–Crippen LogP) is 2.94. The van der Waals surface area contributed by atoms with Gasteiger partial charge in [0.1, 0.15) is 0 Å². The third kappa shape index (κ3) is 3.81. The summed E-state index contributed by atoms with van der Waals surface area (Å²) in [5.41, 5.74) is 2.52. The highest BCUT2D eigenvalue weighted by atomic mass is 35.5. The molecule has 1 saturated heterocycles. The Balaban J connectivity index is 0.00000196. The highest BCUT2D eigenvalue weighted by Crippen LogP contribution is 2.37. The lowest BCUT2D eigenvalue weighted by molar-refractivity contribution is -0.135. The molecular weight excluding hydrogens is 366 g/mol. The summed E-state index contributed by atoms with van der Waals surface area (Å²) in [6, 6.07) is 13.1. The van der Waals surface area contributed by atoms with Crippen molar-refractivity contribution in [3.8, 4) is 0 Å². The molecule has 0 bridgehead atoms. The number of hydrogen-bond acceptors (Lipinski definition) is 4. The van der Waals surface area contributed by atoms with Gasteiger partial charge in [-0.05, 0) is 35.9 Å². The van der Waals surface area contributed by atoms with E-state index in [-0.39, 0.29) is 24.4 Å². The topological polar surface area (TPSA) is 35.6 Å². The zero-order chi connectivity index (χ0) is 17.2. The fraction of sp³-hybridized carbons (Fsp3) is 0.450. The molecule has 0 spiro atoms. The van der Waals surface area contributed by atoms with E-state index in [2.05, 4.69) is 57.8 Å². The monoisotopic (exact) mass is 391 g/mol. The Hall–Kier alpha value is -1.40. The van der Waals surface area contributed by atoms with Crippen LogP contribution in [0.4, 0.5) is 0 Å². The first-order chi connectivity index (χ1) is 12.2. The van der Waals surface area contributed by atoms with E-state index in [4.69, 9.17) is 0 Å². The lowest BCUT2D eigenvalue weighted by atomic mass is 9.93. The highest BCUT2D eigenvalue weighted by Gasteiger charge is 2.34. The van der Waals surface area contributed by atoms with Gasteiger partial charge in [-0.15, -0.1) is 23.7 Å². The molecule has 140 valence electrons. The fourth-order valence-electron chi connectivity index (χ4n) is 3.96. The maximum atomic E-state index is 13.2. The summed E-state index contributed by atoms with van der Waals surface area (Å²) in [4.78, 5) is 19.0. The van der Waals surface area contributed by atoms with Crippen LogP contribution in [0.2, 0.25) is 0 Å². The molecule has 2 aromatic rings. The van der Waals surface area contributed by atoms with E-state index in [9.17, 15) is 4.79 Å². The van der Waals surface area contributed by atoms with Crippen molar-refractivity contribution in [1.29, 1.82) is 0 Å². The number of rotatable bonds is 3. The third-order valence-electron chi connectivity index (χ3n) is 5.38. The van der Waals surface area contributed by atoms with Crippen molar-refractivity contribution in [2.24, 2.45) is 0 Å². The van der Waals surface area contributed by atoms with Crippen LogP contribution in [-0.4, -0.2) is 54.5 Å². The van der Waals surface area contributed by atoms with Gasteiger partial charge in [-0.2, -0.15) is 0 Å². The normalized spacial score (nSPS) is 23.2. The minimum absolute atomic E-state index is 0. The zero-order valence-electron chi connectivity index (χ0n) is 15.1. The summed E-state index contributed by atoms with van der Waals surface area (Å²) in [6.45, 7) is 6.40. The average molecular weight is 392 g/mol. The van der Waals surface area contributed by atoms with Gasteiger partial charge in [-0.3, -0.25) is 9.69 Å². The molecular formula is C20H26ClN3OS. The second-order valence-electron chi connectivity index (χ2n) is 6.97. The summed E-state index contributed by atoms with van der Waals surface area (Å²) in [6.07, 6.45) is 0.971. The van der Waals surface area contributed by atoms with E-state index >= 15 is 0 Å². The number of hydrogen-bond donors (Lipinski definition) is 1. The predicted molar refractivity (Wildman–Crippen MR) is 109 cm³/mol. The minimum Gasteiger partial charge on any atom is -0.330 e. The minimum atomic E-state index is 0. The average Bonchev–Trinajstić information content (AvgIpc) is 3.12. The molecule has 1 N–H and O–H groups in total. The molecule has 1 unspecified atom stereocenters. The van der Waals surface area contributed by atoms with E-state index in [0.717, 1.165) is 32.6 Å². The molecule has 1 aromatic heterocycles. The number of fused-ring (bicyclic) bond motifs is 1. The van der Waals surface area contributed by atoms with Crippen LogP contribution in [0.3, 0.4) is 0 Å². The maximum absolute atomic E-state index is 13.2. The molecule has 4 rings (SSSR count). The second-order valence-corrected chi connectivity index (χ2v) is 7.97. The van der Waals surface area contributed by atoms with Crippen molar-refractivity contribution in [3.63, 3.8) is 0 Å². The molecule has 2 aliphatic heterocycles. The highest BCUT2D eigenvalue weighted by molar-refractivity contribution is 7.10. The van der Waals surface area contributed by atoms with Gasteiger partial charge in [0, 0.05) is 37.1 Å². The van der Waals surface area contributed by atoms with Crippen molar-refractivity contribution in [2.75, 3.05) is 32.7 Å². The molecule has 0 aliphatic carbocycles. The number of carbonyl (C=O) groups is 1. The molecule has 3 heterocycles. The summed E-state index contributed by atoms with van der Waals surface area (Å²) in [5.74, 6) is 0.249. The molecule has 2 atom stereocenters. The summed E-state index contributed by atoms with van der Waals surface area (Å²) in [7, 11) is 0. The summed E-state index contributed by atoms with van der Waals surface area (Å²) in [5, 5.41) is 5.56. The summed E-state index contributed by atoms with van der Waals surface area (Å²) >= 11 is 1.82. The fourth-order valence-corrected chi connectivity index (χ4v) is 4.87. The van der Waals surface area contributed by atoms with Gasteiger partial charge in [0.05, 0.1) is 12.6 Å². The first-order valence-electron chi connectivity index (χ1n) is 9.09. The number of carbonyl (C=O) groups excluding carboxylic acids is 1. The molecule has 0 radical (unpaired) electrons. The Kier molecular flexibility index (Phi) is 6.35. The first-order valence-corrected chi connectivity index (χ1v) is 9.97. The number of nitrogens with zero attached hydrogens (tertiary/aromatic N) is 2. The van der Waals surface area contributed by atoms with Crippen molar-refractivity contribution in [3.05, 3.63) is 57.8 Å². The van der Waals surface area contributed by atoms with Crippen LogP contribution in [0.25, 0.3) is 0 Å². The lowest BCUT2D eigenvalue weighted by Gasteiger charge is -2.39. The Morgan fingerprint density at radius 2 is 2.04 bits per heavy atom. The SMILES string of the molecule is C[C@H]1CNCCN1CC(=O)N1CCc2sccc2C1c1ccccc1.Cl. The lowest BCUT2D eigenvalue weighted by Crippen LogP contribution is -2.54. The van der Waals surface area contributed by atoms with Crippen molar-refractivity contribution in [2.45, 2.75) is 25.4 Å². The molecule has 0 saturated carbocycles. The van der Waals surface area contributed by atoms with Crippen LogP contribution >= 0.6 is 23.7 Å². The van der Waals surface area contributed by atoms with Crippen LogP contribution in [0.5, 0.6) is 0 Å². The van der Waals surface area contributed by atoms with Gasteiger partial charge in [-0.25, -0.2) is 0 Å². The van der Waals surface area contributed by atoms with Gasteiger partial charge >= 0.3 is 0 Å². The molecule has 4 nitrogen and oxygen atoms in total. The second kappa shape index (κ2) is 8.53. The van der Waals surface area contributed by atoms with E-state index < -0.39 is 0 Å². The first kappa shape index (κ1) is 19.4. The summed E-state index contributed by atoms with van der Waals surface area (Å²) < 4.78 is 0. The van der Waals surface area contributed by atoms with Crippen LogP contribution in [0, 0.1) is 0 Å². The van der Waals surface area contributed by atoms with Crippen LogP contribution in [-0.2, 0) is 11.2 Å². The maximum Gasteiger partial charge on any atom is 0.237 e. The number of nitrogens with one attached hydrogen (secondary N) is 1. The zero-order valence-corrected chi connectivity index (χ0v) is 16.7. The smallest absolute Gasteiger partial charge is 0.237 e. The molecule has 1 aromatic carbocycles. The van der Waals surface area contributed by atoms with Crippen LogP contribution in [0.15, 0.2) is 41.8 Å². The Labute approximate surface area is 165 Å². The molecule has 6 heteroatoms. The van der Waals surface area contributed by atoms with Gasteiger partial charge in [0.25, 0.3) is 0 Å². The quantitative estimate of drug-likeness (QED) is 0.873. The van der Waals surface area contributed by atoms with Crippen LogP contribution < -0.4 is 5.32 Å². The van der Waals surface area contributed by atoms with E-state index in [0.29, 0.717) is 12.6 Å². The van der Waals surface area contributed by atoms with Gasteiger partial charge in [0.15, 0.2) is 0 Å². The van der Waals surface area contributed by atoms with Crippen LogP contribution in [0.1, 0.15) is 29.0 Å². The Bertz CT molecular complexity index is 736. The number of piperazine rings is 1. The van der Waals surface area contributed by atoms with Gasteiger partial charge in [-0.1, -0.05) is 30.3 Å². The van der Waals surface area contributed by atoms with E-state index in [1.807, 2.05) is 17.4 Å². The number of benzene rings is 1. The number of amides is 1. The molecule has 26 heavy (non-hydrogen) atoms. The third-order valence-corrected chi connectivity index (χ3v) is 6.38. The number of thiophene rings is 1. The molecule has 2 aliphatic rings. The largest absolute Gasteiger partial charge is 0.330 e. The van der Waals surface area contributed by atoms with Gasteiger partial charge < -0.3 is 10.2 Å². The van der Waals surface area contributed by atoms with Crippen molar-refractivity contribution >= 4 is 29.7 Å². The van der Waals surface area contributed by atoms with Gasteiger partial charge in [0.2, 0.25) is 5.91 Å². The number of halogens is 1. The van der Waals surface area contributed by atoms with E-state index in [1.165, 1.54) is 16.0 Å².